The van der Waals surface area contributed by atoms with E-state index in [-0.39, 0.29) is 34.5 Å². The molecule has 2 aromatic rings. The van der Waals surface area contributed by atoms with Gasteiger partial charge in [0.15, 0.2) is 11.6 Å². The molecule has 0 saturated heterocycles. The topological polar surface area (TPSA) is 76.6 Å². The van der Waals surface area contributed by atoms with Crippen LogP contribution in [0.5, 0.6) is 5.75 Å². The molecular formula is C26H37ClFN3O3. The van der Waals surface area contributed by atoms with Crippen molar-refractivity contribution in [3.8, 4) is 5.75 Å². The number of phenols is 1. The Hall–Kier alpha value is -2.41. The molecule has 34 heavy (non-hydrogen) atoms. The molecule has 0 saturated carbocycles. The predicted molar refractivity (Wildman–Crippen MR) is 133 cm³/mol. The molecule has 0 fully saturated rings. The highest BCUT2D eigenvalue weighted by Crippen LogP contribution is 2.39. The number of alkyl halides is 1. The largest absolute Gasteiger partial charge is 0.507 e. The maximum absolute atomic E-state index is 15.1. The number of benzene rings is 1. The second kappa shape index (κ2) is 10.5. The summed E-state index contributed by atoms with van der Waals surface area (Å²) in [6, 6.07) is 3.41. The van der Waals surface area contributed by atoms with E-state index in [0.29, 0.717) is 29.5 Å². The summed E-state index contributed by atoms with van der Waals surface area (Å²) in [4.78, 5) is 25.8. The van der Waals surface area contributed by atoms with Crippen molar-refractivity contribution < 1.29 is 19.1 Å². The fourth-order valence-corrected chi connectivity index (χ4v) is 4.22. The number of hydrogen-bond acceptors (Lipinski definition) is 4. The maximum atomic E-state index is 15.1. The van der Waals surface area contributed by atoms with Crippen LogP contribution in [0.25, 0.3) is 0 Å². The average Bonchev–Trinajstić information content (AvgIpc) is 3.14. The summed E-state index contributed by atoms with van der Waals surface area (Å²) in [6.07, 6.45) is 2.00. The van der Waals surface area contributed by atoms with Crippen LogP contribution in [-0.2, 0) is 22.2 Å². The molecule has 1 N–H and O–H groups in total. The van der Waals surface area contributed by atoms with E-state index in [0.717, 1.165) is 4.57 Å². The van der Waals surface area contributed by atoms with Crippen LogP contribution < -0.4 is 5.62 Å². The molecule has 188 valence electrons. The number of carbonyl (C=O) groups is 2. The van der Waals surface area contributed by atoms with Gasteiger partial charge in [0, 0.05) is 46.8 Å². The molecule has 0 bridgehead atoms. The Kier molecular flexibility index (Phi) is 8.57. The molecule has 1 aromatic carbocycles. The zero-order valence-electron chi connectivity index (χ0n) is 21.4. The van der Waals surface area contributed by atoms with Crippen molar-refractivity contribution in [3.63, 3.8) is 0 Å². The van der Waals surface area contributed by atoms with E-state index in [1.807, 2.05) is 55.4 Å². The van der Waals surface area contributed by atoms with E-state index >= 15 is 4.39 Å². The minimum Gasteiger partial charge on any atom is -0.507 e. The Morgan fingerprint density at radius 3 is 1.94 bits per heavy atom. The summed E-state index contributed by atoms with van der Waals surface area (Å²) >= 11 is 5.76. The number of hydrogen-bond donors (Lipinski definition) is 1. The van der Waals surface area contributed by atoms with Gasteiger partial charge in [0.1, 0.15) is 5.75 Å². The highest BCUT2D eigenvalue weighted by molar-refractivity contribution is 6.14. The van der Waals surface area contributed by atoms with Crippen LogP contribution in [0, 0.1) is 5.92 Å². The molecule has 2 rings (SSSR count). The minimum absolute atomic E-state index is 0.0207. The molecule has 0 amide bonds. The van der Waals surface area contributed by atoms with E-state index < -0.39 is 18.0 Å². The van der Waals surface area contributed by atoms with Crippen LogP contribution in [0.2, 0.25) is 0 Å². The standard InChI is InChI=1S/C26H37ClFN3O3/c1-9-16(10-2)21(33)23(28)31-12-11-30(24(31)29-27)15-20(32)17-13-18(25(3,4)5)22(34)19(14-17)26(6,7)8/h11-14,16,23,34H,9-10,15H2,1-8H3/b29-24+. The van der Waals surface area contributed by atoms with Gasteiger partial charge < -0.3 is 9.67 Å². The van der Waals surface area contributed by atoms with Crippen LogP contribution >= 0.6 is 11.8 Å². The van der Waals surface area contributed by atoms with Crippen LogP contribution in [0.4, 0.5) is 4.39 Å². The normalized spacial score (nSPS) is 14.0. The lowest BCUT2D eigenvalue weighted by atomic mass is 9.78. The smallest absolute Gasteiger partial charge is 0.237 e. The average molecular weight is 494 g/mol. The van der Waals surface area contributed by atoms with Crippen LogP contribution in [0.1, 0.15) is 96.0 Å². The highest BCUT2D eigenvalue weighted by Gasteiger charge is 2.29. The number of nitrogens with zero attached hydrogens (tertiary/aromatic N) is 3. The van der Waals surface area contributed by atoms with Gasteiger partial charge in [-0.15, -0.1) is 4.51 Å². The summed E-state index contributed by atoms with van der Waals surface area (Å²) in [6.45, 7) is 15.4. The Labute approximate surface area is 206 Å². The van der Waals surface area contributed by atoms with Crippen molar-refractivity contribution >= 4 is 23.3 Å². The van der Waals surface area contributed by atoms with Crippen molar-refractivity contribution in [1.29, 1.82) is 0 Å². The lowest BCUT2D eigenvalue weighted by molar-refractivity contribution is -0.131. The molecule has 8 heteroatoms. The van der Waals surface area contributed by atoms with Gasteiger partial charge in [0.2, 0.25) is 11.9 Å². The molecule has 0 aliphatic rings. The zero-order valence-corrected chi connectivity index (χ0v) is 22.2. The molecule has 0 aliphatic carbocycles. The SMILES string of the molecule is CCC(CC)C(=O)C(F)n1ccn(CC(=O)c2cc(C(C)(C)C)c(O)c(C(C)(C)C)c2)/c1=N\Cl. The second-order valence-electron chi connectivity index (χ2n) is 10.8. The summed E-state index contributed by atoms with van der Waals surface area (Å²) in [5, 5.41) is 10.9. The van der Waals surface area contributed by atoms with Crippen molar-refractivity contribution in [3.05, 3.63) is 46.8 Å². The number of carbonyl (C=O) groups excluding carboxylic acids is 2. The van der Waals surface area contributed by atoms with Gasteiger partial charge >= 0.3 is 0 Å². The molecule has 1 heterocycles. The quantitative estimate of drug-likeness (QED) is 0.458. The first kappa shape index (κ1) is 27.8. The number of rotatable bonds is 8. The van der Waals surface area contributed by atoms with Crippen molar-refractivity contribution in [1.82, 2.24) is 9.13 Å². The molecule has 1 aromatic heterocycles. The van der Waals surface area contributed by atoms with Crippen molar-refractivity contribution in [2.75, 3.05) is 0 Å². The molecular weight excluding hydrogens is 457 g/mol. The Morgan fingerprint density at radius 2 is 1.53 bits per heavy atom. The fourth-order valence-electron chi connectivity index (χ4n) is 4.03. The number of aromatic nitrogens is 2. The van der Waals surface area contributed by atoms with Gasteiger partial charge in [0.05, 0.1) is 6.54 Å². The second-order valence-corrected chi connectivity index (χ2v) is 11.0. The minimum atomic E-state index is -1.94. The van der Waals surface area contributed by atoms with Gasteiger partial charge in [-0.05, 0) is 35.8 Å². The van der Waals surface area contributed by atoms with E-state index in [1.165, 1.54) is 17.0 Å². The van der Waals surface area contributed by atoms with Gasteiger partial charge in [-0.3, -0.25) is 14.2 Å². The molecule has 0 radical (unpaired) electrons. The Balaban J connectivity index is 2.49. The number of halogens is 2. The maximum Gasteiger partial charge on any atom is 0.237 e. The molecule has 1 atom stereocenters. The zero-order chi connectivity index (χ0) is 26.0. The molecule has 0 spiro atoms. The van der Waals surface area contributed by atoms with Crippen molar-refractivity contribution in [2.45, 2.75) is 91.9 Å². The van der Waals surface area contributed by atoms with Crippen LogP contribution in [-0.4, -0.2) is 25.8 Å². The first-order valence-corrected chi connectivity index (χ1v) is 12.0. The van der Waals surface area contributed by atoms with Crippen molar-refractivity contribution in [2.24, 2.45) is 10.4 Å². The fraction of sp³-hybridized carbons (Fsp3) is 0.577. The summed E-state index contributed by atoms with van der Waals surface area (Å²) in [5.74, 6) is -1.00. The Morgan fingerprint density at radius 1 is 1.03 bits per heavy atom. The van der Waals surface area contributed by atoms with Crippen LogP contribution in [0.3, 0.4) is 0 Å². The highest BCUT2D eigenvalue weighted by atomic mass is 35.5. The number of phenolic OH excluding ortho intramolecular Hbond substituents is 1. The van der Waals surface area contributed by atoms with Crippen LogP contribution in [0.15, 0.2) is 29.0 Å². The summed E-state index contributed by atoms with van der Waals surface area (Å²) in [7, 11) is 0. The number of Topliss-reactive ketones (excluding diaryl/α,β-unsaturated/α-hetero) is 2. The van der Waals surface area contributed by atoms with Gasteiger partial charge in [-0.1, -0.05) is 55.4 Å². The lowest BCUT2D eigenvalue weighted by Gasteiger charge is -2.28. The molecule has 1 unspecified atom stereocenters. The molecule has 6 nitrogen and oxygen atoms in total. The van der Waals surface area contributed by atoms with E-state index in [4.69, 9.17) is 11.8 Å². The number of aromatic hydroxyl groups is 1. The summed E-state index contributed by atoms with van der Waals surface area (Å²) in [5.41, 5.74) is 0.987. The molecule has 0 aliphatic heterocycles. The first-order valence-electron chi connectivity index (χ1n) is 11.7. The first-order chi connectivity index (χ1) is 15.7. The van der Waals surface area contributed by atoms with Gasteiger partial charge in [0.25, 0.3) is 0 Å². The van der Waals surface area contributed by atoms with Gasteiger partial charge in [-0.25, -0.2) is 4.39 Å². The Bertz CT molecular complexity index is 1080. The van der Waals surface area contributed by atoms with E-state index in [9.17, 15) is 14.7 Å². The monoisotopic (exact) mass is 493 g/mol. The van der Waals surface area contributed by atoms with Gasteiger partial charge in [-0.2, -0.15) is 0 Å². The number of imidazole rings is 1. The van der Waals surface area contributed by atoms with E-state index in [1.54, 1.807) is 12.1 Å². The predicted octanol–water partition coefficient (Wildman–Crippen LogP) is 6.00. The van der Waals surface area contributed by atoms with E-state index in [2.05, 4.69) is 4.51 Å². The third-order valence-electron chi connectivity index (χ3n) is 6.20. The number of ketones is 2. The lowest BCUT2D eigenvalue weighted by Crippen LogP contribution is -2.33. The summed E-state index contributed by atoms with van der Waals surface area (Å²) < 4.78 is 21.2. The third-order valence-corrected chi connectivity index (χ3v) is 6.35. The third kappa shape index (κ3) is 5.80.